The summed E-state index contributed by atoms with van der Waals surface area (Å²) in [6, 6.07) is 7.69. The molecular weight excluding hydrogens is 666 g/mol. The van der Waals surface area contributed by atoms with Crippen molar-refractivity contribution in [1.82, 2.24) is 14.7 Å². The highest BCUT2D eigenvalue weighted by Crippen LogP contribution is 2.60. The zero-order valence-electron chi connectivity index (χ0n) is 28.1. The lowest BCUT2D eigenvalue weighted by atomic mass is 9.70. The number of amides is 3. The third-order valence-electron chi connectivity index (χ3n) is 9.96. The van der Waals surface area contributed by atoms with Crippen molar-refractivity contribution in [3.05, 3.63) is 61.2 Å². The van der Waals surface area contributed by atoms with Crippen LogP contribution in [0.5, 0.6) is 0 Å². The maximum absolute atomic E-state index is 14.4. The normalized spacial score (nSPS) is 27.3. The summed E-state index contributed by atoms with van der Waals surface area (Å²) in [5.74, 6) is -3.08. The van der Waals surface area contributed by atoms with Gasteiger partial charge in [-0.15, -0.1) is 13.2 Å². The molecule has 10 nitrogen and oxygen atoms in total. The molecular formula is C36H50BrN3O7. The fraction of sp³-hybridized carbons (Fsp3) is 0.611. The second kappa shape index (κ2) is 15.9. The minimum absolute atomic E-state index is 0.0450. The Morgan fingerprint density at radius 2 is 1.85 bits per heavy atom. The third kappa shape index (κ3) is 7.22. The average molecular weight is 717 g/mol. The predicted octanol–water partition coefficient (Wildman–Crippen LogP) is 4.42. The Bertz CT molecular complexity index is 1310. The first-order valence-electron chi connectivity index (χ1n) is 16.7. The zero-order chi connectivity index (χ0) is 34.5. The lowest BCUT2D eigenvalue weighted by Gasteiger charge is -2.38. The third-order valence-corrected chi connectivity index (χ3v) is 10.8. The van der Waals surface area contributed by atoms with Crippen molar-refractivity contribution in [2.45, 2.75) is 100 Å². The molecule has 3 aliphatic heterocycles. The van der Waals surface area contributed by atoms with Crippen molar-refractivity contribution in [2.75, 3.05) is 26.7 Å². The largest absolute Gasteiger partial charge is 0.455 e. The van der Waals surface area contributed by atoms with Gasteiger partial charge < -0.3 is 29.3 Å². The van der Waals surface area contributed by atoms with Gasteiger partial charge in [-0.25, -0.2) is 0 Å². The number of rotatable bonds is 17. The number of nitrogens with zero attached hydrogens (tertiary/aromatic N) is 3. The Labute approximate surface area is 287 Å². The van der Waals surface area contributed by atoms with Gasteiger partial charge in [0.2, 0.25) is 17.7 Å². The van der Waals surface area contributed by atoms with Gasteiger partial charge in [-0.05, 0) is 58.4 Å². The maximum atomic E-state index is 14.4. The highest BCUT2D eigenvalue weighted by molar-refractivity contribution is 9.09. The van der Waals surface area contributed by atoms with Crippen LogP contribution in [0.1, 0.15) is 71.0 Å². The van der Waals surface area contributed by atoms with Crippen molar-refractivity contribution in [3.63, 3.8) is 0 Å². The molecule has 1 aromatic carbocycles. The van der Waals surface area contributed by atoms with Gasteiger partial charge in [-0.3, -0.25) is 19.2 Å². The summed E-state index contributed by atoms with van der Waals surface area (Å²) >= 11 is 3.74. The average Bonchev–Trinajstić information content (AvgIpc) is 3.65. The van der Waals surface area contributed by atoms with Crippen LogP contribution in [0.15, 0.2) is 55.6 Å². The van der Waals surface area contributed by atoms with Gasteiger partial charge in [0.05, 0.1) is 24.0 Å². The molecule has 3 amide bonds. The predicted molar refractivity (Wildman–Crippen MR) is 182 cm³/mol. The molecule has 2 bridgehead atoms. The molecule has 47 heavy (non-hydrogen) atoms. The summed E-state index contributed by atoms with van der Waals surface area (Å²) in [6.45, 7) is 13.9. The first-order chi connectivity index (χ1) is 22.4. The van der Waals surface area contributed by atoms with E-state index in [0.29, 0.717) is 45.2 Å². The number of carbonyl (C=O) groups is 4. The number of hydrogen-bond donors (Lipinski definition) is 1. The van der Waals surface area contributed by atoms with Crippen LogP contribution in [0.4, 0.5) is 0 Å². The molecule has 0 saturated carbocycles. The first-order valence-corrected chi connectivity index (χ1v) is 17.6. The van der Waals surface area contributed by atoms with Gasteiger partial charge in [-0.1, -0.05) is 58.4 Å². The number of allylic oxidation sites excluding steroid dienone is 1. The molecule has 258 valence electrons. The van der Waals surface area contributed by atoms with Crippen LogP contribution < -0.4 is 0 Å². The number of esters is 1. The molecule has 8 atom stereocenters. The van der Waals surface area contributed by atoms with Gasteiger partial charge in [0.25, 0.3) is 0 Å². The lowest BCUT2D eigenvalue weighted by Crippen LogP contribution is -2.58. The molecule has 1 aromatic rings. The highest BCUT2D eigenvalue weighted by atomic mass is 79.9. The Morgan fingerprint density at radius 1 is 1.15 bits per heavy atom. The number of unbranched alkanes of at least 4 members (excludes halogenated alkanes) is 2. The van der Waals surface area contributed by atoms with Crippen LogP contribution in [0.25, 0.3) is 0 Å². The van der Waals surface area contributed by atoms with E-state index in [9.17, 15) is 24.3 Å². The highest BCUT2D eigenvalue weighted by Gasteiger charge is 2.77. The molecule has 0 aliphatic carbocycles. The SMILES string of the molecule is C=CCCC(=O)N(C)[C@@H](C)[C@@H](OC(=O)[C@H]1[C@@H]2O[C@@]3(CC2Br)[C@@H]1C(=O)N(CCCCCO)[C@@H]3C(=O)N(CC=C)C(C)C)c1ccccc1. The molecule has 1 N–H and O–H groups in total. The summed E-state index contributed by atoms with van der Waals surface area (Å²) in [5, 5.41) is 9.33. The number of carbonyl (C=O) groups excluding carboxylic acids is 4. The number of aliphatic hydroxyl groups excluding tert-OH is 1. The molecule has 0 radical (unpaired) electrons. The number of ether oxygens (including phenoxy) is 2. The maximum Gasteiger partial charge on any atom is 0.313 e. The van der Waals surface area contributed by atoms with E-state index < -0.39 is 47.7 Å². The number of benzene rings is 1. The van der Waals surface area contributed by atoms with Gasteiger partial charge in [0.15, 0.2) is 0 Å². The van der Waals surface area contributed by atoms with Gasteiger partial charge in [0, 0.05) is 44.0 Å². The van der Waals surface area contributed by atoms with E-state index in [4.69, 9.17) is 9.47 Å². The molecule has 1 spiro atoms. The van der Waals surface area contributed by atoms with Crippen molar-refractivity contribution in [2.24, 2.45) is 11.8 Å². The fourth-order valence-corrected chi connectivity index (χ4v) is 8.41. The molecule has 4 rings (SSSR count). The van der Waals surface area contributed by atoms with E-state index in [-0.39, 0.29) is 41.6 Å². The summed E-state index contributed by atoms with van der Waals surface area (Å²) < 4.78 is 13.0. The summed E-state index contributed by atoms with van der Waals surface area (Å²) in [6.07, 6.45) is 4.95. The van der Waals surface area contributed by atoms with E-state index in [0.717, 1.165) is 5.56 Å². The van der Waals surface area contributed by atoms with Crippen LogP contribution in [0.2, 0.25) is 0 Å². The topological polar surface area (TPSA) is 117 Å². The van der Waals surface area contributed by atoms with E-state index in [1.165, 1.54) is 0 Å². The number of hydrogen-bond acceptors (Lipinski definition) is 7. The Hall–Kier alpha value is -3.02. The van der Waals surface area contributed by atoms with Crippen LogP contribution >= 0.6 is 15.9 Å². The van der Waals surface area contributed by atoms with E-state index in [2.05, 4.69) is 29.1 Å². The molecule has 0 aromatic heterocycles. The Balaban J connectivity index is 1.70. The van der Waals surface area contributed by atoms with E-state index in [1.54, 1.807) is 33.9 Å². The molecule has 3 saturated heterocycles. The van der Waals surface area contributed by atoms with Crippen molar-refractivity contribution in [3.8, 4) is 0 Å². The minimum atomic E-state index is -1.21. The standard InChI is InChI=1S/C36H50BrN3O7/c1-7-9-18-27(42)38(6)24(5)30(25-16-12-10-13-17-25)46-35(45)28-29-33(43)40(20-14-11-15-21-41)32(34(44)39(19-8-2)23(3)4)36(29)22-26(37)31(28)47-36/h7-8,10,12-13,16-17,23-24,26,28-32,41H,1-2,9,11,14-15,18-22H2,3-6H3/t24-,26?,28+,29-,30+,31+,32+,36-/m0/s1. The quantitative estimate of drug-likeness (QED) is 0.110. The number of likely N-dealkylation sites (tertiary alicyclic amines) is 1. The monoisotopic (exact) mass is 715 g/mol. The number of likely N-dealkylation sites (N-methyl/N-ethyl adjacent to an activating group) is 1. The fourth-order valence-electron chi connectivity index (χ4n) is 7.46. The van der Waals surface area contributed by atoms with Crippen LogP contribution in [0.3, 0.4) is 0 Å². The smallest absolute Gasteiger partial charge is 0.313 e. The minimum Gasteiger partial charge on any atom is -0.455 e. The summed E-state index contributed by atoms with van der Waals surface area (Å²) in [4.78, 5) is 60.8. The first kappa shape index (κ1) is 36.8. The van der Waals surface area contributed by atoms with Crippen LogP contribution in [-0.4, -0.2) is 105 Å². The molecule has 3 aliphatic rings. The second-order valence-electron chi connectivity index (χ2n) is 13.2. The van der Waals surface area contributed by atoms with E-state index in [1.807, 2.05) is 51.1 Å². The van der Waals surface area contributed by atoms with Gasteiger partial charge in [0.1, 0.15) is 17.7 Å². The lowest BCUT2D eigenvalue weighted by molar-refractivity contribution is -0.164. The summed E-state index contributed by atoms with van der Waals surface area (Å²) in [7, 11) is 1.69. The van der Waals surface area contributed by atoms with Crippen molar-refractivity contribution >= 4 is 39.6 Å². The van der Waals surface area contributed by atoms with Crippen molar-refractivity contribution in [1.29, 1.82) is 0 Å². The molecule has 3 heterocycles. The van der Waals surface area contributed by atoms with Crippen molar-refractivity contribution < 1.29 is 33.8 Å². The number of aliphatic hydroxyl groups is 1. The van der Waals surface area contributed by atoms with Crippen LogP contribution in [-0.2, 0) is 28.7 Å². The van der Waals surface area contributed by atoms with E-state index >= 15 is 0 Å². The molecule has 1 unspecified atom stereocenters. The molecule has 3 fully saturated rings. The zero-order valence-corrected chi connectivity index (χ0v) is 29.6. The van der Waals surface area contributed by atoms with Gasteiger partial charge >= 0.3 is 5.97 Å². The number of alkyl halides is 1. The Morgan fingerprint density at radius 3 is 2.47 bits per heavy atom. The number of halogens is 1. The summed E-state index contributed by atoms with van der Waals surface area (Å²) in [5.41, 5.74) is -0.494. The number of fused-ring (bicyclic) bond motifs is 1. The molecule has 11 heteroatoms. The van der Waals surface area contributed by atoms with Crippen LogP contribution in [0, 0.1) is 11.8 Å². The van der Waals surface area contributed by atoms with Gasteiger partial charge in [-0.2, -0.15) is 0 Å². The Kier molecular flexibility index (Phi) is 12.5. The second-order valence-corrected chi connectivity index (χ2v) is 14.4.